The van der Waals surface area contributed by atoms with E-state index in [-0.39, 0.29) is 40.7 Å². The first kappa shape index (κ1) is 18.0. The predicted molar refractivity (Wildman–Crippen MR) is 51.0 cm³/mol. The number of aromatic carboxylic acids is 2. The number of carboxylic acid groups (broad SMARTS) is 3. The molecular formula is C10H9NaO6. The fourth-order valence-corrected chi connectivity index (χ4v) is 0.848. The van der Waals surface area contributed by atoms with Crippen molar-refractivity contribution in [1.82, 2.24) is 0 Å². The van der Waals surface area contributed by atoms with Crippen molar-refractivity contribution >= 4 is 17.9 Å². The second kappa shape index (κ2) is 8.74. The minimum atomic E-state index is -1.48. The molecule has 0 aliphatic rings. The molecule has 0 amide bonds. The topological polar surface area (TPSA) is 115 Å². The summed E-state index contributed by atoms with van der Waals surface area (Å²) in [6, 6.07) is 5.31. The minimum absolute atomic E-state index is 0. The summed E-state index contributed by atoms with van der Waals surface area (Å²) in [6.07, 6.45) is 0. The van der Waals surface area contributed by atoms with Crippen LogP contribution in [0.25, 0.3) is 0 Å². The standard InChI is InChI=1S/C8H6O4.C2H4O2.Na/c9-7(10)5-3-1-2-4-6(5)8(11)12;1-2(3)4;/h1-4H,(H,9,10)(H,11,12);1H3,(H,3,4);/q;;+1/p-1. The number of benzene rings is 1. The molecule has 0 unspecified atom stereocenters. The molecule has 0 aliphatic carbocycles. The summed E-state index contributed by atoms with van der Waals surface area (Å²) in [5.74, 6) is -3.58. The molecule has 1 rings (SSSR count). The molecule has 0 heterocycles. The Labute approximate surface area is 119 Å². The molecular weight excluding hydrogens is 239 g/mol. The van der Waals surface area contributed by atoms with Crippen LogP contribution in [0.1, 0.15) is 27.6 Å². The second-order valence-corrected chi connectivity index (χ2v) is 2.66. The van der Waals surface area contributed by atoms with Crippen LogP contribution in [0.15, 0.2) is 24.3 Å². The fourth-order valence-electron chi connectivity index (χ4n) is 0.848. The van der Waals surface area contributed by atoms with E-state index in [0.717, 1.165) is 6.92 Å². The van der Waals surface area contributed by atoms with Gasteiger partial charge in [-0.2, -0.15) is 0 Å². The van der Waals surface area contributed by atoms with Gasteiger partial charge < -0.3 is 20.1 Å². The van der Waals surface area contributed by atoms with E-state index in [1.54, 1.807) is 0 Å². The van der Waals surface area contributed by atoms with Crippen molar-refractivity contribution in [3.8, 4) is 0 Å². The summed E-state index contributed by atoms with van der Waals surface area (Å²) in [4.78, 5) is 29.8. The van der Waals surface area contributed by atoms with Crippen molar-refractivity contribution < 1.29 is 59.3 Å². The van der Waals surface area contributed by atoms with Gasteiger partial charge >= 0.3 is 35.5 Å². The van der Waals surface area contributed by atoms with Crippen LogP contribution in [-0.2, 0) is 4.79 Å². The molecule has 0 fully saturated rings. The number of hydrogen-bond donors (Lipinski definition) is 2. The average molecular weight is 248 g/mol. The predicted octanol–water partition coefficient (Wildman–Crippen LogP) is -3.16. The van der Waals surface area contributed by atoms with Gasteiger partial charge in [0, 0.05) is 12.5 Å². The van der Waals surface area contributed by atoms with Crippen molar-refractivity contribution in [3.63, 3.8) is 0 Å². The van der Waals surface area contributed by atoms with E-state index in [4.69, 9.17) is 15.0 Å². The van der Waals surface area contributed by atoms with Gasteiger partial charge in [-0.25, -0.2) is 4.79 Å². The van der Waals surface area contributed by atoms with Crippen molar-refractivity contribution in [1.29, 1.82) is 0 Å². The quantitative estimate of drug-likeness (QED) is 0.534. The molecule has 0 atom stereocenters. The number of carbonyl (C=O) groups is 3. The smallest absolute Gasteiger partial charge is 0.545 e. The summed E-state index contributed by atoms with van der Waals surface area (Å²) in [5.41, 5.74) is -0.553. The Morgan fingerprint density at radius 1 is 1.06 bits per heavy atom. The van der Waals surface area contributed by atoms with Crippen molar-refractivity contribution in [2.24, 2.45) is 0 Å². The van der Waals surface area contributed by atoms with Crippen LogP contribution < -0.4 is 34.7 Å². The number of rotatable bonds is 2. The number of carboxylic acids is 3. The molecule has 1 aromatic rings. The van der Waals surface area contributed by atoms with Gasteiger partial charge in [-0.1, -0.05) is 18.2 Å². The largest absolute Gasteiger partial charge is 1.00 e. The van der Waals surface area contributed by atoms with Gasteiger partial charge in [0.1, 0.15) is 0 Å². The van der Waals surface area contributed by atoms with Crippen LogP contribution in [0.5, 0.6) is 0 Å². The van der Waals surface area contributed by atoms with Crippen molar-refractivity contribution in [2.45, 2.75) is 6.92 Å². The third kappa shape index (κ3) is 7.51. The zero-order valence-electron chi connectivity index (χ0n) is 9.34. The zero-order chi connectivity index (χ0) is 12.7. The van der Waals surface area contributed by atoms with Crippen molar-refractivity contribution in [2.75, 3.05) is 0 Å². The van der Waals surface area contributed by atoms with Crippen LogP contribution in [0.3, 0.4) is 0 Å². The summed E-state index contributed by atoms with van der Waals surface area (Å²) in [7, 11) is 0. The third-order valence-corrected chi connectivity index (χ3v) is 1.38. The Bertz CT molecular complexity index is 378. The van der Waals surface area contributed by atoms with Gasteiger partial charge in [0.2, 0.25) is 0 Å². The molecule has 0 aromatic heterocycles. The Morgan fingerprint density at radius 3 is 1.65 bits per heavy atom. The first-order valence-electron chi connectivity index (χ1n) is 4.09. The van der Waals surface area contributed by atoms with E-state index in [9.17, 15) is 14.7 Å². The van der Waals surface area contributed by atoms with Gasteiger partial charge in [0.25, 0.3) is 5.97 Å². The van der Waals surface area contributed by atoms with Crippen LogP contribution >= 0.6 is 0 Å². The van der Waals surface area contributed by atoms with Crippen LogP contribution in [-0.4, -0.2) is 28.1 Å². The van der Waals surface area contributed by atoms with Crippen LogP contribution in [0.4, 0.5) is 0 Å². The van der Waals surface area contributed by atoms with E-state index < -0.39 is 17.9 Å². The SMILES string of the molecule is CC(=O)O.O=C([O-])c1ccccc1C(=O)O.[Na+]. The zero-order valence-corrected chi connectivity index (χ0v) is 11.3. The number of aliphatic carboxylic acids is 1. The van der Waals surface area contributed by atoms with Gasteiger partial charge in [0.15, 0.2) is 0 Å². The van der Waals surface area contributed by atoms with Gasteiger partial charge in [-0.15, -0.1) is 0 Å². The fraction of sp³-hybridized carbons (Fsp3) is 0.100. The summed E-state index contributed by atoms with van der Waals surface area (Å²) in [6.45, 7) is 1.08. The molecule has 86 valence electrons. The molecule has 7 heteroatoms. The Morgan fingerprint density at radius 2 is 1.41 bits per heavy atom. The van der Waals surface area contributed by atoms with Crippen LogP contribution in [0, 0.1) is 0 Å². The molecule has 0 aliphatic heterocycles. The maximum atomic E-state index is 10.4. The average Bonchev–Trinajstić information content (AvgIpc) is 2.16. The number of carbonyl (C=O) groups excluding carboxylic acids is 1. The van der Waals surface area contributed by atoms with E-state index in [1.807, 2.05) is 0 Å². The Hall–Kier alpha value is -1.37. The monoisotopic (exact) mass is 248 g/mol. The minimum Gasteiger partial charge on any atom is -0.545 e. The Balaban J connectivity index is 0. The molecule has 0 radical (unpaired) electrons. The van der Waals surface area contributed by atoms with Crippen LogP contribution in [0.2, 0.25) is 0 Å². The molecule has 2 N–H and O–H groups in total. The maximum absolute atomic E-state index is 10.4. The molecule has 0 saturated heterocycles. The van der Waals surface area contributed by atoms with E-state index in [2.05, 4.69) is 0 Å². The normalized spacial score (nSPS) is 8.06. The Kier molecular flexibility index (Phi) is 9.26. The first-order chi connectivity index (χ1) is 7.36. The second-order valence-electron chi connectivity index (χ2n) is 2.66. The molecule has 17 heavy (non-hydrogen) atoms. The number of hydrogen-bond acceptors (Lipinski definition) is 4. The van der Waals surface area contributed by atoms with Gasteiger partial charge in [0.05, 0.1) is 11.5 Å². The van der Waals surface area contributed by atoms with E-state index >= 15 is 0 Å². The third-order valence-electron chi connectivity index (χ3n) is 1.38. The summed E-state index contributed by atoms with van der Waals surface area (Å²) in [5, 5.41) is 26.3. The first-order valence-corrected chi connectivity index (χ1v) is 4.09. The summed E-state index contributed by atoms with van der Waals surface area (Å²) < 4.78 is 0. The molecule has 0 saturated carbocycles. The molecule has 0 spiro atoms. The molecule has 6 nitrogen and oxygen atoms in total. The molecule has 0 bridgehead atoms. The maximum Gasteiger partial charge on any atom is 1.00 e. The van der Waals surface area contributed by atoms with E-state index in [0.29, 0.717) is 0 Å². The van der Waals surface area contributed by atoms with Crippen molar-refractivity contribution in [3.05, 3.63) is 35.4 Å². The van der Waals surface area contributed by atoms with Gasteiger partial charge in [-0.05, 0) is 6.07 Å². The summed E-state index contributed by atoms with van der Waals surface area (Å²) >= 11 is 0. The van der Waals surface area contributed by atoms with Gasteiger partial charge in [-0.3, -0.25) is 4.79 Å². The molecule has 1 aromatic carbocycles. The van der Waals surface area contributed by atoms with E-state index in [1.165, 1.54) is 24.3 Å².